The largest absolute Gasteiger partial charge is 0.326 e. The number of nitrogens with zero attached hydrogens (tertiary/aromatic N) is 1. The Morgan fingerprint density at radius 3 is 2.83 bits per heavy atom. The van der Waals surface area contributed by atoms with Crippen LogP contribution in [0.5, 0.6) is 0 Å². The molecule has 0 radical (unpaired) electrons. The fourth-order valence-electron chi connectivity index (χ4n) is 1.54. The lowest BCUT2D eigenvalue weighted by Gasteiger charge is -2.09. The number of pyridine rings is 1. The molecule has 18 heavy (non-hydrogen) atoms. The van der Waals surface area contributed by atoms with Gasteiger partial charge in [-0.2, -0.15) is 0 Å². The summed E-state index contributed by atoms with van der Waals surface area (Å²) in [5.41, 5.74) is 6.83. The molecule has 2 aromatic rings. The number of rotatable bonds is 3. The zero-order valence-electron chi connectivity index (χ0n) is 9.56. The summed E-state index contributed by atoms with van der Waals surface area (Å²) in [6, 6.07) is 9.09. The van der Waals surface area contributed by atoms with Crippen molar-refractivity contribution in [1.82, 2.24) is 4.98 Å². The molecule has 0 bridgehead atoms. The summed E-state index contributed by atoms with van der Waals surface area (Å²) in [6.45, 7) is 0.148. The third kappa shape index (κ3) is 2.70. The van der Waals surface area contributed by atoms with E-state index in [1.165, 1.54) is 24.4 Å². The molecule has 3 N–H and O–H groups in total. The Hall–Kier alpha value is -2.27. The maximum absolute atomic E-state index is 13.0. The number of anilines is 1. The van der Waals surface area contributed by atoms with E-state index < -0.39 is 0 Å². The predicted octanol–water partition coefficient (Wildman–Crippen LogP) is 1.93. The lowest BCUT2D eigenvalue weighted by Crippen LogP contribution is -2.15. The van der Waals surface area contributed by atoms with Gasteiger partial charge in [-0.3, -0.25) is 9.78 Å². The van der Waals surface area contributed by atoms with Crippen LogP contribution in [-0.4, -0.2) is 10.9 Å². The molecule has 0 atom stereocenters. The second-order valence-electron chi connectivity index (χ2n) is 3.67. The number of nitrogens with two attached hydrogens (primary N) is 1. The molecule has 1 amide bonds. The molecule has 0 fully saturated rings. The van der Waals surface area contributed by atoms with Crippen LogP contribution in [0.1, 0.15) is 16.1 Å². The molecule has 5 heteroatoms. The van der Waals surface area contributed by atoms with Gasteiger partial charge in [-0.05, 0) is 35.9 Å². The van der Waals surface area contributed by atoms with Gasteiger partial charge in [0.25, 0.3) is 5.91 Å². The molecule has 0 aliphatic heterocycles. The fourth-order valence-corrected chi connectivity index (χ4v) is 1.54. The molecule has 0 aliphatic rings. The van der Waals surface area contributed by atoms with E-state index in [1.807, 2.05) is 0 Å². The lowest BCUT2D eigenvalue weighted by molar-refractivity contribution is 0.102. The lowest BCUT2D eigenvalue weighted by atomic mass is 10.1. The maximum Gasteiger partial charge on any atom is 0.274 e. The summed E-state index contributed by atoms with van der Waals surface area (Å²) >= 11 is 0. The van der Waals surface area contributed by atoms with Crippen LogP contribution in [0.15, 0.2) is 42.6 Å². The highest BCUT2D eigenvalue weighted by molar-refractivity contribution is 6.03. The minimum Gasteiger partial charge on any atom is -0.326 e. The molecular weight excluding hydrogens is 233 g/mol. The van der Waals surface area contributed by atoms with Crippen molar-refractivity contribution in [1.29, 1.82) is 0 Å². The Morgan fingerprint density at radius 1 is 1.33 bits per heavy atom. The molecule has 2 rings (SSSR count). The first-order valence-electron chi connectivity index (χ1n) is 5.41. The Morgan fingerprint density at radius 2 is 2.17 bits per heavy atom. The number of carbonyl (C=O) groups excluding carboxylic acids is 1. The van der Waals surface area contributed by atoms with E-state index in [9.17, 15) is 9.18 Å². The van der Waals surface area contributed by atoms with Crippen LogP contribution in [0, 0.1) is 5.82 Å². The molecule has 4 nitrogen and oxygen atoms in total. The number of nitrogens with one attached hydrogen (secondary N) is 1. The van der Waals surface area contributed by atoms with Crippen molar-refractivity contribution < 1.29 is 9.18 Å². The molecule has 0 saturated carbocycles. The van der Waals surface area contributed by atoms with E-state index in [0.29, 0.717) is 16.9 Å². The van der Waals surface area contributed by atoms with Crippen LogP contribution in [0.4, 0.5) is 10.1 Å². The highest BCUT2D eigenvalue weighted by Crippen LogP contribution is 2.17. The number of benzene rings is 1. The summed E-state index contributed by atoms with van der Waals surface area (Å²) in [4.78, 5) is 15.8. The Kier molecular flexibility index (Phi) is 3.64. The first-order valence-corrected chi connectivity index (χ1v) is 5.41. The summed E-state index contributed by atoms with van der Waals surface area (Å²) < 4.78 is 13.0. The van der Waals surface area contributed by atoms with Crippen molar-refractivity contribution in [3.05, 3.63) is 59.7 Å². The molecular formula is C13H12FN3O. The SMILES string of the molecule is NCc1cc(F)ccc1NC(=O)c1ccccn1. The minimum atomic E-state index is -0.383. The van der Waals surface area contributed by atoms with Gasteiger partial charge in [0.05, 0.1) is 0 Å². The van der Waals surface area contributed by atoms with Gasteiger partial charge in [0.1, 0.15) is 11.5 Å². The van der Waals surface area contributed by atoms with Crippen molar-refractivity contribution in [2.45, 2.75) is 6.54 Å². The van der Waals surface area contributed by atoms with E-state index in [1.54, 1.807) is 18.2 Å². The van der Waals surface area contributed by atoms with Crippen molar-refractivity contribution >= 4 is 11.6 Å². The van der Waals surface area contributed by atoms with E-state index >= 15 is 0 Å². The normalized spacial score (nSPS) is 10.1. The highest BCUT2D eigenvalue weighted by Gasteiger charge is 2.09. The number of halogens is 1. The van der Waals surface area contributed by atoms with Crippen LogP contribution in [-0.2, 0) is 6.54 Å². The molecule has 0 unspecified atom stereocenters. The van der Waals surface area contributed by atoms with E-state index in [2.05, 4.69) is 10.3 Å². The second-order valence-corrected chi connectivity index (χ2v) is 3.67. The quantitative estimate of drug-likeness (QED) is 0.868. The van der Waals surface area contributed by atoms with E-state index in [-0.39, 0.29) is 18.3 Å². The molecule has 1 heterocycles. The van der Waals surface area contributed by atoms with Gasteiger partial charge in [0.2, 0.25) is 0 Å². The molecule has 0 saturated heterocycles. The molecule has 0 aliphatic carbocycles. The van der Waals surface area contributed by atoms with Crippen LogP contribution in [0.2, 0.25) is 0 Å². The van der Waals surface area contributed by atoms with Crippen LogP contribution in [0.3, 0.4) is 0 Å². The van der Waals surface area contributed by atoms with Crippen LogP contribution in [0.25, 0.3) is 0 Å². The van der Waals surface area contributed by atoms with Crippen LogP contribution >= 0.6 is 0 Å². The zero-order valence-corrected chi connectivity index (χ0v) is 9.56. The van der Waals surface area contributed by atoms with E-state index in [0.717, 1.165) is 0 Å². The van der Waals surface area contributed by atoms with Crippen molar-refractivity contribution in [3.63, 3.8) is 0 Å². The number of amides is 1. The predicted molar refractivity (Wildman–Crippen MR) is 66.5 cm³/mol. The summed E-state index contributed by atoms with van der Waals surface area (Å²) in [6.07, 6.45) is 1.53. The van der Waals surface area contributed by atoms with Crippen molar-refractivity contribution in [2.24, 2.45) is 5.73 Å². The van der Waals surface area contributed by atoms with Gasteiger partial charge in [0, 0.05) is 18.4 Å². The highest BCUT2D eigenvalue weighted by atomic mass is 19.1. The molecule has 1 aromatic carbocycles. The Bertz CT molecular complexity index is 557. The second kappa shape index (κ2) is 5.37. The van der Waals surface area contributed by atoms with Crippen LogP contribution < -0.4 is 11.1 Å². The Labute approximate surface area is 104 Å². The summed E-state index contributed by atoms with van der Waals surface area (Å²) in [7, 11) is 0. The van der Waals surface area contributed by atoms with Gasteiger partial charge in [0.15, 0.2) is 0 Å². The minimum absolute atomic E-state index is 0.148. The number of aromatic nitrogens is 1. The number of hydrogen-bond acceptors (Lipinski definition) is 3. The molecule has 92 valence electrons. The third-order valence-electron chi connectivity index (χ3n) is 2.43. The van der Waals surface area contributed by atoms with Gasteiger partial charge in [-0.1, -0.05) is 6.07 Å². The molecule has 0 spiro atoms. The molecule has 1 aromatic heterocycles. The Balaban J connectivity index is 2.22. The van der Waals surface area contributed by atoms with Gasteiger partial charge in [-0.25, -0.2) is 4.39 Å². The van der Waals surface area contributed by atoms with Gasteiger partial charge in [-0.15, -0.1) is 0 Å². The smallest absolute Gasteiger partial charge is 0.274 e. The number of carbonyl (C=O) groups is 1. The topological polar surface area (TPSA) is 68.0 Å². The van der Waals surface area contributed by atoms with Gasteiger partial charge >= 0.3 is 0 Å². The standard InChI is InChI=1S/C13H12FN3O/c14-10-4-5-11(9(7-10)8-15)17-13(18)12-3-1-2-6-16-12/h1-7H,8,15H2,(H,17,18). The van der Waals surface area contributed by atoms with Crippen molar-refractivity contribution in [3.8, 4) is 0 Å². The zero-order chi connectivity index (χ0) is 13.0. The van der Waals surface area contributed by atoms with Crippen molar-refractivity contribution in [2.75, 3.05) is 5.32 Å². The average Bonchev–Trinajstić information content (AvgIpc) is 2.41. The fraction of sp³-hybridized carbons (Fsp3) is 0.0769. The third-order valence-corrected chi connectivity index (χ3v) is 2.43. The first-order chi connectivity index (χ1) is 8.70. The summed E-state index contributed by atoms with van der Waals surface area (Å²) in [5, 5.41) is 2.66. The van der Waals surface area contributed by atoms with Gasteiger partial charge < -0.3 is 11.1 Å². The monoisotopic (exact) mass is 245 g/mol. The van der Waals surface area contributed by atoms with E-state index in [4.69, 9.17) is 5.73 Å². The maximum atomic E-state index is 13.0. The summed E-state index contributed by atoms with van der Waals surface area (Å²) in [5.74, 6) is -0.733. The average molecular weight is 245 g/mol. The number of hydrogen-bond donors (Lipinski definition) is 2. The first kappa shape index (κ1) is 12.2.